The molecule has 0 saturated heterocycles. The van der Waals surface area contributed by atoms with Gasteiger partial charge in [0.2, 0.25) is 5.91 Å². The predicted molar refractivity (Wildman–Crippen MR) is 100 cm³/mol. The first-order chi connectivity index (χ1) is 12.6. The van der Waals surface area contributed by atoms with E-state index in [2.05, 4.69) is 21.5 Å². The van der Waals surface area contributed by atoms with E-state index in [9.17, 15) is 9.90 Å². The van der Waals surface area contributed by atoms with Crippen molar-refractivity contribution >= 4 is 11.6 Å². The van der Waals surface area contributed by atoms with Gasteiger partial charge in [-0.05, 0) is 23.3 Å². The SMILES string of the molecule is C#CCCC1(CCC(=O)Nc2cccc(C(O)c3ccccc3)c2)N=N1. The summed E-state index contributed by atoms with van der Waals surface area (Å²) in [7, 11) is 0. The van der Waals surface area contributed by atoms with E-state index in [1.165, 1.54) is 0 Å². The highest BCUT2D eigenvalue weighted by molar-refractivity contribution is 5.90. The molecule has 2 aromatic carbocycles. The molecule has 1 amide bonds. The van der Waals surface area contributed by atoms with E-state index in [4.69, 9.17) is 6.42 Å². The molecule has 1 atom stereocenters. The summed E-state index contributed by atoms with van der Waals surface area (Å²) in [6.07, 6.45) is 6.72. The van der Waals surface area contributed by atoms with Crippen molar-refractivity contribution in [1.29, 1.82) is 0 Å². The Morgan fingerprint density at radius 3 is 2.54 bits per heavy atom. The number of terminal acetylenes is 1. The second-order valence-corrected chi connectivity index (χ2v) is 6.37. The number of nitrogens with zero attached hydrogens (tertiary/aromatic N) is 2. The van der Waals surface area contributed by atoms with E-state index in [1.807, 2.05) is 42.5 Å². The minimum atomic E-state index is -0.732. The summed E-state index contributed by atoms with van der Waals surface area (Å²) >= 11 is 0. The molecule has 5 nitrogen and oxygen atoms in total. The largest absolute Gasteiger partial charge is 0.384 e. The number of anilines is 1. The van der Waals surface area contributed by atoms with E-state index in [0.717, 1.165) is 11.1 Å². The van der Waals surface area contributed by atoms with Crippen molar-refractivity contribution in [2.45, 2.75) is 37.5 Å². The Kier molecular flexibility index (Phi) is 5.45. The van der Waals surface area contributed by atoms with E-state index >= 15 is 0 Å². The van der Waals surface area contributed by atoms with Crippen LogP contribution in [0.3, 0.4) is 0 Å². The number of amides is 1. The van der Waals surface area contributed by atoms with Gasteiger partial charge in [0.1, 0.15) is 6.10 Å². The topological polar surface area (TPSA) is 74.0 Å². The van der Waals surface area contributed by atoms with Crippen molar-refractivity contribution in [1.82, 2.24) is 0 Å². The summed E-state index contributed by atoms with van der Waals surface area (Å²) in [6, 6.07) is 16.7. The zero-order valence-corrected chi connectivity index (χ0v) is 14.4. The fourth-order valence-corrected chi connectivity index (χ4v) is 2.82. The lowest BCUT2D eigenvalue weighted by molar-refractivity contribution is -0.116. The van der Waals surface area contributed by atoms with Gasteiger partial charge in [-0.15, -0.1) is 12.3 Å². The van der Waals surface area contributed by atoms with Crippen LogP contribution < -0.4 is 5.32 Å². The molecular weight excluding hydrogens is 326 g/mol. The standard InChI is InChI=1S/C21H21N3O2/c1-2-3-13-21(23-24-21)14-12-19(25)22-18-11-7-10-17(15-18)20(26)16-8-5-4-6-9-16/h1,4-11,15,20,26H,3,12-14H2,(H,22,25). The number of aliphatic hydroxyl groups is 1. The molecule has 1 aliphatic rings. The molecule has 0 bridgehead atoms. The fraction of sp³-hybridized carbons (Fsp3) is 0.286. The molecule has 1 aliphatic heterocycles. The van der Waals surface area contributed by atoms with Gasteiger partial charge in [-0.25, -0.2) is 0 Å². The lowest BCUT2D eigenvalue weighted by atomic mass is 10.0. The minimum absolute atomic E-state index is 0.103. The Hall–Kier alpha value is -2.97. The second kappa shape index (κ2) is 7.94. The number of aliphatic hydroxyl groups excluding tert-OH is 1. The number of benzene rings is 2. The summed E-state index contributed by atoms with van der Waals surface area (Å²) in [6.45, 7) is 0. The van der Waals surface area contributed by atoms with Gasteiger partial charge in [-0.2, -0.15) is 10.2 Å². The van der Waals surface area contributed by atoms with Gasteiger partial charge in [-0.1, -0.05) is 42.5 Å². The molecule has 132 valence electrons. The van der Waals surface area contributed by atoms with Crippen molar-refractivity contribution in [3.8, 4) is 12.3 Å². The van der Waals surface area contributed by atoms with Crippen LogP contribution in [0.5, 0.6) is 0 Å². The van der Waals surface area contributed by atoms with Crippen LogP contribution in [-0.2, 0) is 4.79 Å². The van der Waals surface area contributed by atoms with Crippen LogP contribution in [0.15, 0.2) is 64.8 Å². The normalized spacial score (nSPS) is 15.1. The van der Waals surface area contributed by atoms with Crippen molar-refractivity contribution < 1.29 is 9.90 Å². The Labute approximate surface area is 153 Å². The Balaban J connectivity index is 1.57. The molecule has 0 radical (unpaired) electrons. The van der Waals surface area contributed by atoms with Gasteiger partial charge in [0, 0.05) is 31.4 Å². The molecule has 3 rings (SSSR count). The number of hydrogen-bond acceptors (Lipinski definition) is 4. The first kappa shape index (κ1) is 17.8. The van der Waals surface area contributed by atoms with Gasteiger partial charge in [0.25, 0.3) is 0 Å². The van der Waals surface area contributed by atoms with Crippen LogP contribution in [0.4, 0.5) is 5.69 Å². The van der Waals surface area contributed by atoms with Crippen molar-refractivity contribution in [3.63, 3.8) is 0 Å². The first-order valence-electron chi connectivity index (χ1n) is 8.62. The molecule has 0 aromatic heterocycles. The number of hydrogen-bond donors (Lipinski definition) is 2. The van der Waals surface area contributed by atoms with Gasteiger partial charge in [0.15, 0.2) is 5.66 Å². The second-order valence-electron chi connectivity index (χ2n) is 6.37. The molecule has 26 heavy (non-hydrogen) atoms. The van der Waals surface area contributed by atoms with Crippen LogP contribution in [0.1, 0.15) is 42.9 Å². The molecule has 5 heteroatoms. The van der Waals surface area contributed by atoms with Crippen LogP contribution in [-0.4, -0.2) is 16.7 Å². The maximum absolute atomic E-state index is 12.2. The summed E-state index contributed by atoms with van der Waals surface area (Å²) in [5.41, 5.74) is 1.75. The van der Waals surface area contributed by atoms with Crippen LogP contribution in [0.2, 0.25) is 0 Å². The van der Waals surface area contributed by atoms with Crippen molar-refractivity contribution in [3.05, 3.63) is 65.7 Å². The smallest absolute Gasteiger partial charge is 0.224 e. The van der Waals surface area contributed by atoms with Gasteiger partial charge in [-0.3, -0.25) is 4.79 Å². The summed E-state index contributed by atoms with van der Waals surface area (Å²) in [4.78, 5) is 12.2. The lowest BCUT2D eigenvalue weighted by Gasteiger charge is -2.14. The predicted octanol–water partition coefficient (Wildman–Crippen LogP) is 4.06. The quantitative estimate of drug-likeness (QED) is 0.707. The van der Waals surface area contributed by atoms with Crippen LogP contribution >= 0.6 is 0 Å². The number of carbonyl (C=O) groups excluding carboxylic acids is 1. The highest BCUT2D eigenvalue weighted by Gasteiger charge is 2.39. The van der Waals surface area contributed by atoms with Crippen LogP contribution in [0, 0.1) is 12.3 Å². The highest BCUT2D eigenvalue weighted by atomic mass is 16.3. The number of carbonyl (C=O) groups is 1. The Morgan fingerprint density at radius 1 is 1.12 bits per heavy atom. The lowest BCUT2D eigenvalue weighted by Crippen LogP contribution is -2.17. The summed E-state index contributed by atoms with van der Waals surface area (Å²) in [5.74, 6) is 2.47. The van der Waals surface area contributed by atoms with Gasteiger partial charge < -0.3 is 10.4 Å². The molecule has 2 N–H and O–H groups in total. The van der Waals surface area contributed by atoms with Crippen molar-refractivity contribution in [2.24, 2.45) is 10.2 Å². The van der Waals surface area contributed by atoms with E-state index in [-0.39, 0.29) is 5.91 Å². The monoisotopic (exact) mass is 347 g/mol. The highest BCUT2D eigenvalue weighted by Crippen LogP contribution is 2.37. The first-order valence-corrected chi connectivity index (χ1v) is 8.62. The Morgan fingerprint density at radius 2 is 1.85 bits per heavy atom. The number of nitrogens with one attached hydrogen (secondary N) is 1. The average Bonchev–Trinajstić information content (AvgIpc) is 3.45. The third-order valence-corrected chi connectivity index (χ3v) is 4.41. The molecule has 1 heterocycles. The van der Waals surface area contributed by atoms with E-state index < -0.39 is 11.8 Å². The molecule has 1 unspecified atom stereocenters. The Bertz CT molecular complexity index is 834. The van der Waals surface area contributed by atoms with Crippen molar-refractivity contribution in [2.75, 3.05) is 5.32 Å². The molecule has 0 spiro atoms. The fourth-order valence-electron chi connectivity index (χ4n) is 2.82. The molecule has 0 fully saturated rings. The summed E-state index contributed by atoms with van der Waals surface area (Å²) in [5, 5.41) is 21.4. The molecule has 2 aromatic rings. The maximum Gasteiger partial charge on any atom is 0.224 e. The van der Waals surface area contributed by atoms with Gasteiger partial charge in [0.05, 0.1) is 0 Å². The number of rotatable bonds is 8. The van der Waals surface area contributed by atoms with E-state index in [0.29, 0.717) is 31.4 Å². The van der Waals surface area contributed by atoms with E-state index in [1.54, 1.807) is 12.1 Å². The minimum Gasteiger partial charge on any atom is -0.384 e. The van der Waals surface area contributed by atoms with Crippen LogP contribution in [0.25, 0.3) is 0 Å². The molecular formula is C21H21N3O2. The zero-order valence-electron chi connectivity index (χ0n) is 14.4. The maximum atomic E-state index is 12.2. The molecule has 0 aliphatic carbocycles. The van der Waals surface area contributed by atoms with Gasteiger partial charge >= 0.3 is 0 Å². The average molecular weight is 347 g/mol. The third-order valence-electron chi connectivity index (χ3n) is 4.41. The third kappa shape index (κ3) is 4.56. The molecule has 0 saturated carbocycles. The summed E-state index contributed by atoms with van der Waals surface area (Å²) < 4.78 is 0. The zero-order chi connectivity index (χ0) is 18.4.